The maximum atomic E-state index is 5.87. The van der Waals surface area contributed by atoms with Crippen molar-refractivity contribution in [3.05, 3.63) is 60.2 Å². The zero-order chi connectivity index (χ0) is 15.6. The summed E-state index contributed by atoms with van der Waals surface area (Å²) in [6, 6.07) is 18.5. The number of rotatable bonds is 3. The second-order valence-corrected chi connectivity index (χ2v) is 6.66. The van der Waals surface area contributed by atoms with Gasteiger partial charge in [0.2, 0.25) is 5.90 Å². The van der Waals surface area contributed by atoms with E-state index in [1.807, 2.05) is 42.5 Å². The molecule has 0 spiro atoms. The highest BCUT2D eigenvalue weighted by molar-refractivity contribution is 6.01. The molecular weight excluding hydrogens is 272 g/mol. The summed E-state index contributed by atoms with van der Waals surface area (Å²) in [5.41, 5.74) is 3.20. The van der Waals surface area contributed by atoms with E-state index >= 15 is 0 Å². The molecule has 0 saturated carbocycles. The fraction of sp³-hybridized carbons (Fsp3) is 0.316. The van der Waals surface area contributed by atoms with Gasteiger partial charge in [0.25, 0.3) is 0 Å². The fourth-order valence-corrected chi connectivity index (χ4v) is 2.42. The summed E-state index contributed by atoms with van der Waals surface area (Å²) in [5, 5.41) is 3.44. The Morgan fingerprint density at radius 2 is 1.68 bits per heavy atom. The molecule has 0 amide bonds. The Bertz CT molecular complexity index is 671. The Balaban J connectivity index is 1.89. The molecule has 0 radical (unpaired) electrons. The molecule has 0 fully saturated rings. The number of nitrogens with zero attached hydrogens (tertiary/aromatic N) is 1. The predicted octanol–water partition coefficient (Wildman–Crippen LogP) is 4.62. The fourth-order valence-electron chi connectivity index (χ4n) is 2.42. The van der Waals surface area contributed by atoms with E-state index in [4.69, 9.17) is 9.73 Å². The first-order valence-corrected chi connectivity index (χ1v) is 7.66. The Morgan fingerprint density at radius 3 is 2.36 bits per heavy atom. The van der Waals surface area contributed by atoms with E-state index in [1.54, 1.807) is 0 Å². The molecule has 0 unspecified atom stereocenters. The van der Waals surface area contributed by atoms with Crippen LogP contribution in [0.1, 0.15) is 26.3 Å². The lowest BCUT2D eigenvalue weighted by Crippen LogP contribution is -2.25. The lowest BCUT2D eigenvalue weighted by molar-refractivity contribution is 0.236. The first-order valence-electron chi connectivity index (χ1n) is 7.66. The summed E-state index contributed by atoms with van der Waals surface area (Å²) in [4.78, 5) is 4.79. The SMILES string of the molecule is CC(C)(C)[C@H]1COC(c2ccccc2Nc2ccccc2)=N1. The van der Waals surface area contributed by atoms with Crippen LogP contribution in [0.15, 0.2) is 59.6 Å². The summed E-state index contributed by atoms with van der Waals surface area (Å²) < 4.78 is 5.87. The smallest absolute Gasteiger partial charge is 0.218 e. The minimum absolute atomic E-state index is 0.115. The van der Waals surface area contributed by atoms with Crippen molar-refractivity contribution in [2.45, 2.75) is 26.8 Å². The average Bonchev–Trinajstić information content (AvgIpc) is 2.99. The van der Waals surface area contributed by atoms with Gasteiger partial charge in [0.15, 0.2) is 0 Å². The number of ether oxygens (including phenoxy) is 1. The molecule has 1 aliphatic heterocycles. The van der Waals surface area contributed by atoms with Crippen LogP contribution < -0.4 is 5.32 Å². The van der Waals surface area contributed by atoms with Gasteiger partial charge in [-0.25, -0.2) is 4.99 Å². The third-order valence-corrected chi connectivity index (χ3v) is 3.86. The summed E-state index contributed by atoms with van der Waals surface area (Å²) in [6.45, 7) is 7.24. The minimum Gasteiger partial charge on any atom is -0.475 e. The van der Waals surface area contributed by atoms with Crippen molar-refractivity contribution in [1.29, 1.82) is 0 Å². The topological polar surface area (TPSA) is 33.6 Å². The van der Waals surface area contributed by atoms with E-state index in [2.05, 4.69) is 38.2 Å². The molecule has 0 saturated heterocycles. The lowest BCUT2D eigenvalue weighted by Gasteiger charge is -2.21. The van der Waals surface area contributed by atoms with E-state index in [0.717, 1.165) is 22.8 Å². The molecule has 3 heteroatoms. The second kappa shape index (κ2) is 5.84. The predicted molar refractivity (Wildman–Crippen MR) is 91.9 cm³/mol. The van der Waals surface area contributed by atoms with Gasteiger partial charge in [-0.1, -0.05) is 51.1 Å². The van der Waals surface area contributed by atoms with Crippen molar-refractivity contribution in [2.24, 2.45) is 10.4 Å². The van der Waals surface area contributed by atoms with E-state index in [0.29, 0.717) is 6.61 Å². The van der Waals surface area contributed by atoms with Gasteiger partial charge in [-0.2, -0.15) is 0 Å². The van der Waals surface area contributed by atoms with E-state index in [-0.39, 0.29) is 11.5 Å². The normalized spacial score (nSPS) is 17.8. The number of nitrogens with one attached hydrogen (secondary N) is 1. The zero-order valence-electron chi connectivity index (χ0n) is 13.3. The lowest BCUT2D eigenvalue weighted by atomic mass is 9.88. The molecule has 0 aromatic heterocycles. The molecule has 1 atom stereocenters. The highest BCUT2D eigenvalue weighted by Gasteiger charge is 2.31. The van der Waals surface area contributed by atoms with Gasteiger partial charge in [0.05, 0.1) is 17.3 Å². The Hall–Kier alpha value is -2.29. The van der Waals surface area contributed by atoms with Crippen molar-refractivity contribution in [1.82, 2.24) is 0 Å². The summed E-state index contributed by atoms with van der Waals surface area (Å²) >= 11 is 0. The second-order valence-electron chi connectivity index (χ2n) is 6.66. The number of aliphatic imine (C=N–C) groups is 1. The van der Waals surface area contributed by atoms with Crippen LogP contribution in [0.2, 0.25) is 0 Å². The summed E-state index contributed by atoms with van der Waals surface area (Å²) in [5.74, 6) is 0.735. The summed E-state index contributed by atoms with van der Waals surface area (Å²) in [7, 11) is 0. The van der Waals surface area contributed by atoms with E-state index in [1.165, 1.54) is 0 Å². The first kappa shape index (κ1) is 14.6. The average molecular weight is 294 g/mol. The standard InChI is InChI=1S/C19H22N2O/c1-19(2,3)17-13-22-18(21-17)15-11-7-8-12-16(15)20-14-9-5-4-6-10-14/h4-12,17,20H,13H2,1-3H3/t17-/m1/s1. The van der Waals surface area contributed by atoms with E-state index < -0.39 is 0 Å². The molecule has 1 heterocycles. The largest absolute Gasteiger partial charge is 0.475 e. The van der Waals surface area contributed by atoms with Crippen LogP contribution >= 0.6 is 0 Å². The minimum atomic E-state index is 0.115. The molecule has 2 aromatic carbocycles. The molecule has 2 aromatic rings. The molecule has 3 nitrogen and oxygen atoms in total. The number of anilines is 2. The maximum absolute atomic E-state index is 5.87. The van der Waals surface area contributed by atoms with Crippen molar-refractivity contribution in [3.8, 4) is 0 Å². The van der Waals surface area contributed by atoms with Crippen molar-refractivity contribution in [2.75, 3.05) is 11.9 Å². The zero-order valence-corrected chi connectivity index (χ0v) is 13.3. The molecule has 1 N–H and O–H groups in total. The maximum Gasteiger partial charge on any atom is 0.218 e. The highest BCUT2D eigenvalue weighted by atomic mass is 16.5. The molecule has 0 aliphatic carbocycles. The van der Waals surface area contributed by atoms with E-state index in [9.17, 15) is 0 Å². The van der Waals surface area contributed by atoms with Crippen LogP contribution in [0.3, 0.4) is 0 Å². The monoisotopic (exact) mass is 294 g/mol. The van der Waals surface area contributed by atoms with Gasteiger partial charge in [-0.3, -0.25) is 0 Å². The molecule has 114 valence electrons. The number of hydrogen-bond acceptors (Lipinski definition) is 3. The molecular formula is C19H22N2O. The first-order chi connectivity index (χ1) is 10.5. The molecule has 22 heavy (non-hydrogen) atoms. The van der Waals surface area contributed by atoms with Crippen LogP contribution in [0.25, 0.3) is 0 Å². The van der Waals surface area contributed by atoms with Gasteiger partial charge in [-0.15, -0.1) is 0 Å². The quantitative estimate of drug-likeness (QED) is 0.896. The third kappa shape index (κ3) is 3.14. The van der Waals surface area contributed by atoms with Gasteiger partial charge in [0.1, 0.15) is 6.61 Å². The van der Waals surface area contributed by atoms with Gasteiger partial charge in [0, 0.05) is 5.69 Å². The number of hydrogen-bond donors (Lipinski definition) is 1. The van der Waals surface area contributed by atoms with Crippen LogP contribution in [-0.2, 0) is 4.74 Å². The Labute approximate surface area is 132 Å². The number of para-hydroxylation sites is 2. The summed E-state index contributed by atoms with van der Waals surface area (Å²) in [6.07, 6.45) is 0. The molecule has 1 aliphatic rings. The van der Waals surface area contributed by atoms with Gasteiger partial charge >= 0.3 is 0 Å². The number of benzene rings is 2. The van der Waals surface area contributed by atoms with Crippen LogP contribution in [0, 0.1) is 5.41 Å². The van der Waals surface area contributed by atoms with Crippen molar-refractivity contribution in [3.63, 3.8) is 0 Å². The van der Waals surface area contributed by atoms with Gasteiger partial charge < -0.3 is 10.1 Å². The van der Waals surface area contributed by atoms with Crippen molar-refractivity contribution < 1.29 is 4.74 Å². The third-order valence-electron chi connectivity index (χ3n) is 3.86. The van der Waals surface area contributed by atoms with Crippen LogP contribution in [0.4, 0.5) is 11.4 Å². The highest BCUT2D eigenvalue weighted by Crippen LogP contribution is 2.30. The van der Waals surface area contributed by atoms with Crippen LogP contribution in [0.5, 0.6) is 0 Å². The van der Waals surface area contributed by atoms with Crippen molar-refractivity contribution >= 4 is 17.3 Å². The Morgan fingerprint density at radius 1 is 1.00 bits per heavy atom. The van der Waals surface area contributed by atoms with Crippen LogP contribution in [-0.4, -0.2) is 18.5 Å². The molecule has 3 rings (SSSR count). The molecule has 0 bridgehead atoms. The Kier molecular flexibility index (Phi) is 3.88. The van der Waals surface area contributed by atoms with Gasteiger partial charge in [-0.05, 0) is 29.7 Å².